The molecule has 1 aromatic carbocycles. The van der Waals surface area contributed by atoms with Gasteiger partial charge in [-0.3, -0.25) is 4.79 Å². The molecule has 0 bridgehead atoms. The van der Waals surface area contributed by atoms with E-state index in [0.29, 0.717) is 6.42 Å². The molecule has 0 amide bonds. The van der Waals surface area contributed by atoms with Crippen LogP contribution in [0.2, 0.25) is 0 Å². The molecule has 0 fully saturated rings. The molecule has 82 valence electrons. The predicted molar refractivity (Wildman–Crippen MR) is 62.8 cm³/mol. The summed E-state index contributed by atoms with van der Waals surface area (Å²) in [6, 6.07) is 7.73. The van der Waals surface area contributed by atoms with Crippen molar-refractivity contribution in [1.82, 2.24) is 0 Å². The van der Waals surface area contributed by atoms with Crippen LogP contribution in [0, 0.1) is 6.92 Å². The second-order valence-electron chi connectivity index (χ2n) is 4.02. The summed E-state index contributed by atoms with van der Waals surface area (Å²) in [5.74, 6) is 0.140. The Kier molecular flexibility index (Phi) is 4.50. The number of ketones is 1. The van der Waals surface area contributed by atoms with Crippen LogP contribution in [0.5, 0.6) is 0 Å². The van der Waals surface area contributed by atoms with Gasteiger partial charge in [-0.15, -0.1) is 0 Å². The molecule has 0 saturated heterocycles. The summed E-state index contributed by atoms with van der Waals surface area (Å²) in [6.45, 7) is 4.08. The van der Waals surface area contributed by atoms with Gasteiger partial charge in [-0.1, -0.05) is 43.2 Å². The lowest BCUT2D eigenvalue weighted by molar-refractivity contribution is -0.119. The number of Topliss-reactive ketones (excluding diaryl/α,β-unsaturated/α-hetero) is 1. The number of nitrogens with two attached hydrogens (primary N) is 1. The van der Waals surface area contributed by atoms with Crippen LogP contribution in [0.1, 0.15) is 30.9 Å². The fourth-order valence-electron chi connectivity index (χ4n) is 1.51. The molecule has 2 heteroatoms. The van der Waals surface area contributed by atoms with Gasteiger partial charge in [-0.25, -0.2) is 0 Å². The lowest BCUT2D eigenvalue weighted by Crippen LogP contribution is -2.31. The molecule has 0 aliphatic carbocycles. The number of hydrogen-bond acceptors (Lipinski definition) is 2. The predicted octanol–water partition coefficient (Wildman–Crippen LogP) is 2.23. The Morgan fingerprint density at radius 3 is 2.47 bits per heavy atom. The van der Waals surface area contributed by atoms with Gasteiger partial charge < -0.3 is 5.73 Å². The molecule has 0 heterocycles. The van der Waals surface area contributed by atoms with E-state index in [1.807, 2.05) is 38.1 Å². The van der Waals surface area contributed by atoms with Crippen molar-refractivity contribution in [2.24, 2.45) is 5.73 Å². The number of hydrogen-bond donors (Lipinski definition) is 1. The Hall–Kier alpha value is -1.15. The van der Waals surface area contributed by atoms with Gasteiger partial charge in [-0.05, 0) is 18.9 Å². The van der Waals surface area contributed by atoms with E-state index in [1.165, 1.54) is 5.56 Å². The van der Waals surface area contributed by atoms with Crippen LogP contribution in [0.4, 0.5) is 0 Å². The molecule has 0 spiro atoms. The highest BCUT2D eigenvalue weighted by molar-refractivity contribution is 5.85. The normalized spacial score (nSPS) is 12.5. The van der Waals surface area contributed by atoms with Crippen LogP contribution >= 0.6 is 0 Å². The number of carbonyl (C=O) groups is 1. The van der Waals surface area contributed by atoms with Gasteiger partial charge in [0.2, 0.25) is 0 Å². The highest BCUT2D eigenvalue weighted by Gasteiger charge is 2.12. The zero-order chi connectivity index (χ0) is 11.3. The number of aryl methyl sites for hydroxylation is 1. The fraction of sp³-hybridized carbons (Fsp3) is 0.462. The molecule has 0 aliphatic rings. The first kappa shape index (κ1) is 11.9. The second kappa shape index (κ2) is 5.66. The largest absolute Gasteiger partial charge is 0.321 e. The third-order valence-corrected chi connectivity index (χ3v) is 2.51. The fourth-order valence-corrected chi connectivity index (χ4v) is 1.51. The molecule has 15 heavy (non-hydrogen) atoms. The molecule has 0 radical (unpaired) electrons. The smallest absolute Gasteiger partial charge is 0.153 e. The highest BCUT2D eigenvalue weighted by atomic mass is 16.1. The molecule has 1 atom stereocenters. The van der Waals surface area contributed by atoms with E-state index in [4.69, 9.17) is 5.73 Å². The molecule has 0 saturated carbocycles. The third kappa shape index (κ3) is 3.84. The average molecular weight is 205 g/mol. The minimum atomic E-state index is -0.295. The van der Waals surface area contributed by atoms with Crippen LogP contribution in [0.25, 0.3) is 0 Å². The van der Waals surface area contributed by atoms with Crippen molar-refractivity contribution in [2.75, 3.05) is 0 Å². The first-order chi connectivity index (χ1) is 7.13. The van der Waals surface area contributed by atoms with Gasteiger partial charge in [0.05, 0.1) is 6.04 Å². The van der Waals surface area contributed by atoms with Crippen molar-refractivity contribution in [1.29, 1.82) is 0 Å². The van der Waals surface area contributed by atoms with E-state index in [2.05, 4.69) is 0 Å². The zero-order valence-corrected chi connectivity index (χ0v) is 9.49. The van der Waals surface area contributed by atoms with Gasteiger partial charge in [0.15, 0.2) is 5.78 Å². The van der Waals surface area contributed by atoms with E-state index < -0.39 is 0 Å². The van der Waals surface area contributed by atoms with Crippen molar-refractivity contribution in [3.8, 4) is 0 Å². The van der Waals surface area contributed by atoms with E-state index in [0.717, 1.165) is 18.4 Å². The summed E-state index contributed by atoms with van der Waals surface area (Å²) in [5, 5.41) is 0. The summed E-state index contributed by atoms with van der Waals surface area (Å²) < 4.78 is 0. The standard InChI is InChI=1S/C13H19NO/c1-3-4-12(14)13(15)9-11-7-5-10(2)6-8-11/h5-8,12H,3-4,9,14H2,1-2H3. The van der Waals surface area contributed by atoms with E-state index in [9.17, 15) is 4.79 Å². The van der Waals surface area contributed by atoms with Crippen molar-refractivity contribution >= 4 is 5.78 Å². The maximum Gasteiger partial charge on any atom is 0.153 e. The summed E-state index contributed by atoms with van der Waals surface area (Å²) in [4.78, 5) is 11.7. The quantitative estimate of drug-likeness (QED) is 0.801. The van der Waals surface area contributed by atoms with Gasteiger partial charge in [0.25, 0.3) is 0 Å². The molecule has 1 rings (SSSR count). The Balaban J connectivity index is 2.54. The Morgan fingerprint density at radius 1 is 1.33 bits per heavy atom. The second-order valence-corrected chi connectivity index (χ2v) is 4.02. The molecular weight excluding hydrogens is 186 g/mol. The number of benzene rings is 1. The Labute approximate surface area is 91.5 Å². The summed E-state index contributed by atoms with van der Waals surface area (Å²) in [5.41, 5.74) is 8.02. The molecule has 0 aromatic heterocycles. The SMILES string of the molecule is CCCC(N)C(=O)Cc1ccc(C)cc1. The van der Waals surface area contributed by atoms with Crippen LogP contribution in [-0.2, 0) is 11.2 Å². The maximum absolute atomic E-state index is 11.7. The third-order valence-electron chi connectivity index (χ3n) is 2.51. The topological polar surface area (TPSA) is 43.1 Å². The van der Waals surface area contributed by atoms with Crippen LogP contribution in [0.3, 0.4) is 0 Å². The van der Waals surface area contributed by atoms with Crippen LogP contribution in [-0.4, -0.2) is 11.8 Å². The van der Waals surface area contributed by atoms with Crippen molar-refractivity contribution in [2.45, 2.75) is 39.2 Å². The van der Waals surface area contributed by atoms with E-state index in [1.54, 1.807) is 0 Å². The molecule has 2 nitrogen and oxygen atoms in total. The minimum Gasteiger partial charge on any atom is -0.321 e. The molecular formula is C13H19NO. The molecule has 1 unspecified atom stereocenters. The van der Waals surface area contributed by atoms with Crippen molar-refractivity contribution in [3.05, 3.63) is 35.4 Å². The van der Waals surface area contributed by atoms with Crippen molar-refractivity contribution in [3.63, 3.8) is 0 Å². The summed E-state index contributed by atoms with van der Waals surface area (Å²) >= 11 is 0. The van der Waals surface area contributed by atoms with E-state index >= 15 is 0 Å². The lowest BCUT2D eigenvalue weighted by atomic mass is 10.0. The number of carbonyl (C=O) groups excluding carboxylic acids is 1. The van der Waals surface area contributed by atoms with Crippen LogP contribution in [0.15, 0.2) is 24.3 Å². The Bertz CT molecular complexity index is 316. The molecule has 2 N–H and O–H groups in total. The highest BCUT2D eigenvalue weighted by Crippen LogP contribution is 2.06. The van der Waals surface area contributed by atoms with E-state index in [-0.39, 0.29) is 11.8 Å². The maximum atomic E-state index is 11.7. The average Bonchev–Trinajstić information content (AvgIpc) is 2.22. The Morgan fingerprint density at radius 2 is 1.93 bits per heavy atom. The van der Waals surface area contributed by atoms with Crippen LogP contribution < -0.4 is 5.73 Å². The first-order valence-corrected chi connectivity index (χ1v) is 5.47. The number of rotatable bonds is 5. The zero-order valence-electron chi connectivity index (χ0n) is 9.49. The van der Waals surface area contributed by atoms with Crippen molar-refractivity contribution < 1.29 is 4.79 Å². The lowest BCUT2D eigenvalue weighted by Gasteiger charge is -2.08. The first-order valence-electron chi connectivity index (χ1n) is 5.47. The van der Waals surface area contributed by atoms with Gasteiger partial charge in [-0.2, -0.15) is 0 Å². The summed E-state index contributed by atoms with van der Waals surface area (Å²) in [6.07, 6.45) is 2.20. The van der Waals surface area contributed by atoms with Gasteiger partial charge in [0, 0.05) is 6.42 Å². The molecule has 1 aromatic rings. The molecule has 0 aliphatic heterocycles. The summed E-state index contributed by atoms with van der Waals surface area (Å²) in [7, 11) is 0. The minimum absolute atomic E-state index is 0.140. The van der Waals surface area contributed by atoms with Gasteiger partial charge >= 0.3 is 0 Å². The monoisotopic (exact) mass is 205 g/mol. The van der Waals surface area contributed by atoms with Gasteiger partial charge in [0.1, 0.15) is 0 Å².